The van der Waals surface area contributed by atoms with E-state index in [9.17, 15) is 9.90 Å². The summed E-state index contributed by atoms with van der Waals surface area (Å²) < 4.78 is 0. The van der Waals surface area contributed by atoms with Crippen molar-refractivity contribution in [3.8, 4) is 0 Å². The highest BCUT2D eigenvalue weighted by Gasteiger charge is 2.70. The van der Waals surface area contributed by atoms with Crippen molar-refractivity contribution in [2.45, 2.75) is 119 Å². The Morgan fingerprint density at radius 1 is 1.03 bits per heavy atom. The normalized spacial score (nSPS) is 44.2. The number of nitrogen functional groups attached to an aromatic ring is 1. The molecule has 4 N–H and O–H groups in total. The number of anilines is 1. The van der Waals surface area contributed by atoms with E-state index in [4.69, 9.17) is 10.8 Å². The number of hydrogen-bond donors (Lipinski definition) is 3. The Morgan fingerprint density at radius 2 is 1.72 bits per heavy atom. The molecule has 3 saturated carbocycles. The van der Waals surface area contributed by atoms with E-state index < -0.39 is 11.4 Å². The van der Waals surface area contributed by atoms with Crippen LogP contribution in [-0.4, -0.2) is 21.3 Å². The summed E-state index contributed by atoms with van der Waals surface area (Å²) in [5, 5.41) is 18.6. The zero-order valence-corrected chi connectivity index (χ0v) is 25.6. The fourth-order valence-electron chi connectivity index (χ4n) is 11.6. The summed E-state index contributed by atoms with van der Waals surface area (Å²) in [5.41, 5.74) is 11.6. The summed E-state index contributed by atoms with van der Waals surface area (Å²) in [4.78, 5) is 13.1. The van der Waals surface area contributed by atoms with E-state index in [1.807, 2.05) is 0 Å². The molecular formula is C34H51N3O2. The molecule has 214 valence electrons. The number of fused-ring (bicyclic) bond motifs is 8. The third-order valence-corrected chi connectivity index (χ3v) is 13.8. The summed E-state index contributed by atoms with van der Waals surface area (Å²) in [6, 6.07) is 0. The molecule has 5 nitrogen and oxygen atoms in total. The van der Waals surface area contributed by atoms with Gasteiger partial charge >= 0.3 is 5.97 Å². The second-order valence-electron chi connectivity index (χ2n) is 16.3. The van der Waals surface area contributed by atoms with Crippen LogP contribution in [0.25, 0.3) is 0 Å². The van der Waals surface area contributed by atoms with Gasteiger partial charge in [0.05, 0.1) is 11.1 Å². The van der Waals surface area contributed by atoms with E-state index in [0.29, 0.717) is 11.8 Å². The van der Waals surface area contributed by atoms with Crippen LogP contribution in [0.3, 0.4) is 0 Å². The third kappa shape index (κ3) is 3.25. The lowest BCUT2D eigenvalue weighted by Gasteiger charge is -2.71. The number of carbonyl (C=O) groups is 1. The first kappa shape index (κ1) is 27.1. The highest BCUT2D eigenvalue weighted by atomic mass is 16.4. The maximum atomic E-state index is 13.1. The second kappa shape index (κ2) is 8.03. The smallest absolute Gasteiger partial charge is 0.310 e. The average molecular weight is 534 g/mol. The van der Waals surface area contributed by atoms with Crippen molar-refractivity contribution in [2.75, 3.05) is 5.73 Å². The first-order chi connectivity index (χ1) is 18.1. The molecule has 7 atom stereocenters. The van der Waals surface area contributed by atoms with Crippen molar-refractivity contribution in [1.82, 2.24) is 10.2 Å². The van der Waals surface area contributed by atoms with Crippen molar-refractivity contribution >= 4 is 11.8 Å². The molecule has 1 heterocycles. The molecule has 1 aromatic heterocycles. The SMILES string of the molecule is CC=CC1=C2[C@@H]3CC(C)(C)CC[C@]3(C(=O)O)CC[C@@]2(C)[C@]2(C)CC[C@H]3C(C)(C)c4n[nH]c(N)c4C[C@]3(C)C2C1. The lowest BCUT2D eigenvalue weighted by atomic mass is 9.33. The monoisotopic (exact) mass is 533 g/mol. The maximum absolute atomic E-state index is 13.1. The van der Waals surface area contributed by atoms with Crippen LogP contribution in [0.15, 0.2) is 23.3 Å². The third-order valence-electron chi connectivity index (χ3n) is 13.8. The molecule has 5 heteroatoms. The number of aromatic amines is 1. The number of carboxylic acid groups (broad SMARTS) is 1. The maximum Gasteiger partial charge on any atom is 0.310 e. The predicted molar refractivity (Wildman–Crippen MR) is 157 cm³/mol. The number of aromatic nitrogens is 2. The van der Waals surface area contributed by atoms with Gasteiger partial charge in [0.25, 0.3) is 0 Å². The van der Waals surface area contributed by atoms with Crippen molar-refractivity contribution in [3.63, 3.8) is 0 Å². The number of hydrogen-bond acceptors (Lipinski definition) is 3. The van der Waals surface area contributed by atoms with E-state index in [0.717, 1.165) is 50.8 Å². The number of aliphatic carboxylic acids is 1. The molecule has 6 rings (SSSR count). The molecule has 0 radical (unpaired) electrons. The van der Waals surface area contributed by atoms with Crippen LogP contribution < -0.4 is 5.73 Å². The number of H-pyrrole nitrogens is 1. The van der Waals surface area contributed by atoms with Crippen LogP contribution in [0.4, 0.5) is 5.82 Å². The van der Waals surface area contributed by atoms with Crippen molar-refractivity contribution in [1.29, 1.82) is 0 Å². The van der Waals surface area contributed by atoms with Gasteiger partial charge in [0.1, 0.15) is 5.82 Å². The molecular weight excluding hydrogens is 482 g/mol. The van der Waals surface area contributed by atoms with Gasteiger partial charge in [0.2, 0.25) is 0 Å². The molecule has 1 aromatic rings. The van der Waals surface area contributed by atoms with Crippen molar-refractivity contribution < 1.29 is 9.90 Å². The van der Waals surface area contributed by atoms with Crippen LogP contribution in [0.1, 0.15) is 118 Å². The first-order valence-electron chi connectivity index (χ1n) is 15.5. The Hall–Kier alpha value is -2.04. The van der Waals surface area contributed by atoms with Gasteiger partial charge in [0.15, 0.2) is 0 Å². The summed E-state index contributed by atoms with van der Waals surface area (Å²) in [6.07, 6.45) is 13.5. The topological polar surface area (TPSA) is 92.0 Å². The lowest BCUT2D eigenvalue weighted by Crippen LogP contribution is -2.65. The molecule has 0 saturated heterocycles. The van der Waals surface area contributed by atoms with Gasteiger partial charge in [-0.15, -0.1) is 0 Å². The van der Waals surface area contributed by atoms with Gasteiger partial charge in [-0.2, -0.15) is 5.10 Å². The Bertz CT molecular complexity index is 1290. The number of nitrogens with two attached hydrogens (primary N) is 1. The highest BCUT2D eigenvalue weighted by Crippen LogP contribution is 2.76. The highest BCUT2D eigenvalue weighted by molar-refractivity contribution is 5.77. The van der Waals surface area contributed by atoms with Crippen molar-refractivity contribution in [2.24, 2.45) is 44.8 Å². The summed E-state index contributed by atoms with van der Waals surface area (Å²) in [7, 11) is 0. The first-order valence-corrected chi connectivity index (χ1v) is 15.5. The van der Waals surface area contributed by atoms with Gasteiger partial charge in [0, 0.05) is 11.0 Å². The van der Waals surface area contributed by atoms with Crippen molar-refractivity contribution in [3.05, 3.63) is 34.6 Å². The van der Waals surface area contributed by atoms with E-state index in [2.05, 4.69) is 72.6 Å². The van der Waals surface area contributed by atoms with Gasteiger partial charge in [-0.25, -0.2) is 0 Å². The number of nitrogens with one attached hydrogen (secondary N) is 1. The zero-order chi connectivity index (χ0) is 28.4. The minimum absolute atomic E-state index is 0.0118. The lowest BCUT2D eigenvalue weighted by molar-refractivity contribution is -0.177. The fourth-order valence-corrected chi connectivity index (χ4v) is 11.6. The summed E-state index contributed by atoms with van der Waals surface area (Å²) in [6.45, 7) is 19.3. The van der Waals surface area contributed by atoms with Gasteiger partial charge in [-0.1, -0.05) is 66.2 Å². The Labute approximate surface area is 235 Å². The van der Waals surface area contributed by atoms with Gasteiger partial charge in [-0.05, 0) is 110 Å². The standard InChI is InChI=1S/C34H51N3O2/c1-9-10-20-17-24-31(6)18-21-26(36-37-27(21)35)30(4,5)23(31)11-12-32(24,7)33(8)14-16-34(28(38)39)15-13-29(2,3)19-22(34)25(20)33/h9-10,22-24H,11-19H2,1-8H3,(H,38,39)(H3,35,36,37)/t22-,23-,24?,31-,32+,33+,34-/m0/s1. The van der Waals surface area contributed by atoms with Crippen LogP contribution in [0.2, 0.25) is 0 Å². The molecule has 5 aliphatic rings. The molecule has 0 aromatic carbocycles. The molecule has 0 amide bonds. The average Bonchev–Trinajstić information content (AvgIpc) is 3.20. The molecule has 39 heavy (non-hydrogen) atoms. The molecule has 3 fully saturated rings. The van der Waals surface area contributed by atoms with Crippen LogP contribution >= 0.6 is 0 Å². The van der Waals surface area contributed by atoms with E-state index in [-0.39, 0.29) is 33.0 Å². The van der Waals surface area contributed by atoms with E-state index >= 15 is 0 Å². The fraction of sp³-hybridized carbons (Fsp3) is 0.765. The Morgan fingerprint density at radius 3 is 2.38 bits per heavy atom. The van der Waals surface area contributed by atoms with Crippen LogP contribution in [0.5, 0.6) is 0 Å². The molecule has 5 aliphatic carbocycles. The Balaban J connectivity index is 1.56. The largest absolute Gasteiger partial charge is 0.481 e. The van der Waals surface area contributed by atoms with Crippen LogP contribution in [-0.2, 0) is 16.6 Å². The van der Waals surface area contributed by atoms with Crippen LogP contribution in [0, 0.1) is 44.8 Å². The van der Waals surface area contributed by atoms with Gasteiger partial charge < -0.3 is 10.8 Å². The zero-order valence-electron chi connectivity index (χ0n) is 25.6. The minimum atomic E-state index is -0.617. The molecule has 1 unspecified atom stereocenters. The molecule has 0 spiro atoms. The Kier molecular flexibility index (Phi) is 5.59. The molecule has 0 aliphatic heterocycles. The summed E-state index contributed by atoms with van der Waals surface area (Å²) in [5.74, 6) is 1.33. The predicted octanol–water partition coefficient (Wildman–Crippen LogP) is 7.84. The molecule has 0 bridgehead atoms. The quantitative estimate of drug-likeness (QED) is 0.361. The number of rotatable bonds is 2. The number of allylic oxidation sites excluding steroid dienone is 4. The number of nitrogens with zero attached hydrogens (tertiary/aromatic N) is 1. The summed E-state index contributed by atoms with van der Waals surface area (Å²) >= 11 is 0. The van der Waals surface area contributed by atoms with E-state index in [1.54, 1.807) is 0 Å². The van der Waals surface area contributed by atoms with E-state index in [1.165, 1.54) is 35.2 Å². The minimum Gasteiger partial charge on any atom is -0.481 e. The number of carboxylic acids is 1. The van der Waals surface area contributed by atoms with Gasteiger partial charge in [-0.3, -0.25) is 9.89 Å². The second-order valence-corrected chi connectivity index (χ2v) is 16.3.